The number of nitrogens with one attached hydrogen (secondary N) is 1. The summed E-state index contributed by atoms with van der Waals surface area (Å²) in [6.45, 7) is 5.87. The van der Waals surface area contributed by atoms with Gasteiger partial charge in [-0.1, -0.05) is 24.6 Å². The van der Waals surface area contributed by atoms with Gasteiger partial charge in [0, 0.05) is 31.5 Å². The number of nitrogens with zero attached hydrogens (tertiary/aromatic N) is 3. The van der Waals surface area contributed by atoms with E-state index in [0.717, 1.165) is 19.5 Å². The van der Waals surface area contributed by atoms with E-state index in [1.54, 1.807) is 19.2 Å². The number of halogens is 1. The molecule has 1 saturated heterocycles. The average Bonchev–Trinajstić information content (AvgIpc) is 2.68. The standard InChI is InChI=1S/C20H25ClN4O2/c1-13-8-16(15-4-7-19(27-3)23-9-15)12-25(11-13)14(2)20(26)24-18-6-5-17(21)10-22-18/h4-7,9-10,13-14,16H,8,11-12H2,1-3H3,(H,22,24,26)/t13-,14+,16+/m1/s1. The van der Waals surface area contributed by atoms with Crippen LogP contribution in [0.2, 0.25) is 5.02 Å². The van der Waals surface area contributed by atoms with Crippen molar-refractivity contribution in [3.63, 3.8) is 0 Å². The molecule has 0 aliphatic carbocycles. The van der Waals surface area contributed by atoms with Crippen LogP contribution < -0.4 is 10.1 Å². The lowest BCUT2D eigenvalue weighted by Crippen LogP contribution is -2.48. The summed E-state index contributed by atoms with van der Waals surface area (Å²) in [4.78, 5) is 23.4. The summed E-state index contributed by atoms with van der Waals surface area (Å²) in [5, 5.41) is 3.41. The number of rotatable bonds is 5. The predicted molar refractivity (Wildman–Crippen MR) is 106 cm³/mol. The molecule has 3 heterocycles. The number of pyridine rings is 2. The lowest BCUT2D eigenvalue weighted by atomic mass is 9.85. The first-order valence-electron chi connectivity index (χ1n) is 9.12. The Bertz CT molecular complexity index is 767. The van der Waals surface area contributed by atoms with E-state index in [1.165, 1.54) is 11.8 Å². The minimum Gasteiger partial charge on any atom is -0.481 e. The number of anilines is 1. The molecular formula is C20H25ClN4O2. The number of amides is 1. The highest BCUT2D eigenvalue weighted by molar-refractivity contribution is 6.30. The van der Waals surface area contributed by atoms with Crippen LogP contribution in [0.15, 0.2) is 36.7 Å². The number of carbonyl (C=O) groups excluding carboxylic acids is 1. The molecule has 0 radical (unpaired) electrons. The van der Waals surface area contributed by atoms with Crippen molar-refractivity contribution in [3.05, 3.63) is 47.2 Å². The van der Waals surface area contributed by atoms with Crippen molar-refractivity contribution < 1.29 is 9.53 Å². The maximum absolute atomic E-state index is 12.7. The molecule has 2 aromatic heterocycles. The molecule has 0 bridgehead atoms. The Labute approximate surface area is 164 Å². The molecule has 0 spiro atoms. The topological polar surface area (TPSA) is 67.3 Å². The third-order valence-corrected chi connectivity index (χ3v) is 5.26. The molecule has 0 saturated carbocycles. The number of ether oxygens (including phenoxy) is 1. The minimum atomic E-state index is -0.251. The van der Waals surface area contributed by atoms with Gasteiger partial charge >= 0.3 is 0 Å². The first kappa shape index (κ1) is 19.6. The number of aromatic nitrogens is 2. The third kappa shape index (κ3) is 4.96. The number of methoxy groups -OCH3 is 1. The van der Waals surface area contributed by atoms with Crippen molar-refractivity contribution in [2.24, 2.45) is 5.92 Å². The van der Waals surface area contributed by atoms with E-state index in [9.17, 15) is 4.79 Å². The van der Waals surface area contributed by atoms with E-state index in [2.05, 4.69) is 33.2 Å². The Morgan fingerprint density at radius 2 is 2.07 bits per heavy atom. The molecule has 27 heavy (non-hydrogen) atoms. The Kier molecular flexibility index (Phi) is 6.29. The smallest absolute Gasteiger partial charge is 0.242 e. The van der Waals surface area contributed by atoms with E-state index in [4.69, 9.17) is 16.3 Å². The van der Waals surface area contributed by atoms with Crippen LogP contribution in [0.4, 0.5) is 5.82 Å². The van der Waals surface area contributed by atoms with Gasteiger partial charge in [-0.15, -0.1) is 0 Å². The van der Waals surface area contributed by atoms with E-state index in [1.807, 2.05) is 19.2 Å². The van der Waals surface area contributed by atoms with Gasteiger partial charge in [-0.3, -0.25) is 9.69 Å². The van der Waals surface area contributed by atoms with Crippen molar-refractivity contribution in [1.82, 2.24) is 14.9 Å². The monoisotopic (exact) mass is 388 g/mol. The highest BCUT2D eigenvalue weighted by Crippen LogP contribution is 2.31. The first-order valence-corrected chi connectivity index (χ1v) is 9.50. The van der Waals surface area contributed by atoms with E-state index >= 15 is 0 Å². The predicted octanol–water partition coefficient (Wildman–Crippen LogP) is 3.59. The van der Waals surface area contributed by atoms with Crippen LogP contribution in [-0.4, -0.2) is 47.0 Å². The number of carbonyl (C=O) groups is 1. The summed E-state index contributed by atoms with van der Waals surface area (Å²) < 4.78 is 5.14. The zero-order chi connectivity index (χ0) is 19.4. The maximum Gasteiger partial charge on any atom is 0.242 e. The maximum atomic E-state index is 12.7. The average molecular weight is 389 g/mol. The van der Waals surface area contributed by atoms with Gasteiger partial charge in [-0.25, -0.2) is 9.97 Å². The molecule has 1 amide bonds. The highest BCUT2D eigenvalue weighted by Gasteiger charge is 2.31. The molecule has 1 N–H and O–H groups in total. The van der Waals surface area contributed by atoms with Gasteiger partial charge in [-0.05, 0) is 42.9 Å². The van der Waals surface area contributed by atoms with Crippen LogP contribution >= 0.6 is 11.6 Å². The fourth-order valence-corrected chi connectivity index (χ4v) is 3.66. The summed E-state index contributed by atoms with van der Waals surface area (Å²) >= 11 is 5.85. The van der Waals surface area contributed by atoms with Crippen LogP contribution in [0.5, 0.6) is 5.88 Å². The second-order valence-corrected chi connectivity index (χ2v) is 7.59. The Balaban J connectivity index is 1.66. The highest BCUT2D eigenvalue weighted by atomic mass is 35.5. The normalized spacial score (nSPS) is 21.5. The second-order valence-electron chi connectivity index (χ2n) is 7.15. The van der Waals surface area contributed by atoms with Gasteiger partial charge in [0.1, 0.15) is 5.82 Å². The summed E-state index contributed by atoms with van der Waals surface area (Å²) in [7, 11) is 1.61. The largest absolute Gasteiger partial charge is 0.481 e. The molecule has 7 heteroatoms. The van der Waals surface area contributed by atoms with Crippen LogP contribution in [0.3, 0.4) is 0 Å². The van der Waals surface area contributed by atoms with Gasteiger partial charge in [0.05, 0.1) is 18.2 Å². The summed E-state index contributed by atoms with van der Waals surface area (Å²) in [5.74, 6) is 1.90. The molecule has 3 atom stereocenters. The van der Waals surface area contributed by atoms with Crippen molar-refractivity contribution >= 4 is 23.3 Å². The first-order chi connectivity index (χ1) is 13.0. The number of hydrogen-bond acceptors (Lipinski definition) is 5. The molecule has 3 rings (SSSR count). The van der Waals surface area contributed by atoms with Gasteiger partial charge < -0.3 is 10.1 Å². The minimum absolute atomic E-state index is 0.0643. The van der Waals surface area contributed by atoms with Crippen molar-refractivity contribution in [2.75, 3.05) is 25.5 Å². The molecule has 0 unspecified atom stereocenters. The van der Waals surface area contributed by atoms with Crippen molar-refractivity contribution in [3.8, 4) is 5.88 Å². The van der Waals surface area contributed by atoms with Crippen LogP contribution in [0, 0.1) is 5.92 Å². The SMILES string of the molecule is COc1ccc([C@H]2C[C@@H](C)CN([C@@H](C)C(=O)Nc3ccc(Cl)cn3)C2)cn1. The molecule has 1 aliphatic rings. The molecular weight excluding hydrogens is 364 g/mol. The zero-order valence-electron chi connectivity index (χ0n) is 15.9. The number of likely N-dealkylation sites (tertiary alicyclic amines) is 1. The molecule has 6 nitrogen and oxygen atoms in total. The summed E-state index contributed by atoms with van der Waals surface area (Å²) in [6, 6.07) is 7.12. The van der Waals surface area contributed by atoms with Crippen LogP contribution in [0.25, 0.3) is 0 Å². The van der Waals surface area contributed by atoms with Gasteiger partial charge in [0.2, 0.25) is 11.8 Å². The van der Waals surface area contributed by atoms with Gasteiger partial charge in [0.25, 0.3) is 0 Å². The Morgan fingerprint density at radius 3 is 2.70 bits per heavy atom. The van der Waals surface area contributed by atoms with E-state index in [-0.39, 0.29) is 11.9 Å². The molecule has 0 aromatic carbocycles. The molecule has 1 fully saturated rings. The number of hydrogen-bond donors (Lipinski definition) is 1. The quantitative estimate of drug-likeness (QED) is 0.847. The lowest BCUT2D eigenvalue weighted by molar-refractivity contribution is -0.121. The third-order valence-electron chi connectivity index (χ3n) is 5.03. The van der Waals surface area contributed by atoms with Crippen molar-refractivity contribution in [2.45, 2.75) is 32.2 Å². The zero-order valence-corrected chi connectivity index (χ0v) is 16.6. The fraction of sp³-hybridized carbons (Fsp3) is 0.450. The lowest BCUT2D eigenvalue weighted by Gasteiger charge is -2.39. The molecule has 144 valence electrons. The summed E-state index contributed by atoms with van der Waals surface area (Å²) in [5.41, 5.74) is 1.18. The van der Waals surface area contributed by atoms with E-state index in [0.29, 0.717) is 28.6 Å². The summed E-state index contributed by atoms with van der Waals surface area (Å²) in [6.07, 6.45) is 4.48. The van der Waals surface area contributed by atoms with Crippen molar-refractivity contribution in [1.29, 1.82) is 0 Å². The number of piperidine rings is 1. The second kappa shape index (κ2) is 8.67. The van der Waals surface area contributed by atoms with Gasteiger partial charge in [0.15, 0.2) is 0 Å². The van der Waals surface area contributed by atoms with Gasteiger partial charge in [-0.2, -0.15) is 0 Å². The fourth-order valence-electron chi connectivity index (χ4n) is 3.55. The van der Waals surface area contributed by atoms with Crippen LogP contribution in [-0.2, 0) is 4.79 Å². The van der Waals surface area contributed by atoms with Crippen LogP contribution in [0.1, 0.15) is 31.7 Å². The molecule has 2 aromatic rings. The van der Waals surface area contributed by atoms with E-state index < -0.39 is 0 Å². The Hall–Kier alpha value is -2.18. The Morgan fingerprint density at radius 1 is 1.26 bits per heavy atom. The molecule has 1 aliphatic heterocycles.